The van der Waals surface area contributed by atoms with Crippen LogP contribution in [0, 0.1) is 0 Å². The number of nitrogens with two attached hydrogens (primary N) is 1. The largest absolute Gasteiger partial charge is 0.489 e. The lowest BCUT2D eigenvalue weighted by atomic mass is 10.0. The SMILES string of the molecule is CCn1c(-c2nc3cc(C(=O)N4CCC[C@@H](N)C4)cc4c3n2CCO4)cc2ccccc21. The summed E-state index contributed by atoms with van der Waals surface area (Å²) in [5.74, 6) is 1.66. The first-order valence-electron chi connectivity index (χ1n) is 11.4. The minimum atomic E-state index is 0.00578. The van der Waals surface area contributed by atoms with Gasteiger partial charge in [0.1, 0.15) is 17.9 Å². The summed E-state index contributed by atoms with van der Waals surface area (Å²) in [5, 5.41) is 1.20. The first-order chi connectivity index (χ1) is 15.6. The van der Waals surface area contributed by atoms with E-state index in [1.165, 1.54) is 10.9 Å². The highest BCUT2D eigenvalue weighted by Gasteiger charge is 2.27. The molecule has 2 aliphatic rings. The number of fused-ring (bicyclic) bond motifs is 1. The molecule has 0 saturated carbocycles. The molecule has 0 radical (unpaired) electrons. The van der Waals surface area contributed by atoms with Crippen LogP contribution >= 0.6 is 0 Å². The molecule has 7 nitrogen and oxygen atoms in total. The zero-order valence-electron chi connectivity index (χ0n) is 18.3. The number of aromatic nitrogens is 3. The fourth-order valence-electron chi connectivity index (χ4n) is 5.24. The number of hydrogen-bond donors (Lipinski definition) is 1. The van der Waals surface area contributed by atoms with E-state index in [0.29, 0.717) is 18.7 Å². The van der Waals surface area contributed by atoms with Crippen molar-refractivity contribution in [2.24, 2.45) is 5.73 Å². The molecule has 1 atom stereocenters. The number of amides is 1. The Labute approximate surface area is 186 Å². The smallest absolute Gasteiger partial charge is 0.254 e. The lowest BCUT2D eigenvalue weighted by molar-refractivity contribution is 0.0708. The molecule has 4 aromatic rings. The topological polar surface area (TPSA) is 78.3 Å². The second-order valence-corrected chi connectivity index (χ2v) is 8.76. The van der Waals surface area contributed by atoms with Crippen LogP contribution in [0.4, 0.5) is 0 Å². The van der Waals surface area contributed by atoms with Gasteiger partial charge in [-0.1, -0.05) is 18.2 Å². The molecule has 7 heteroatoms. The number of para-hydroxylation sites is 1. The number of aryl methyl sites for hydroxylation is 1. The van der Waals surface area contributed by atoms with Gasteiger partial charge < -0.3 is 24.5 Å². The van der Waals surface area contributed by atoms with Gasteiger partial charge in [-0.2, -0.15) is 0 Å². The Hall–Kier alpha value is -3.32. The molecule has 2 aromatic heterocycles. The standard InChI is InChI=1S/C25H27N5O2/c1-2-29-20-8-4-3-6-16(20)13-21(29)24-27-19-12-17(14-22-23(19)30(24)10-11-32-22)25(31)28-9-5-7-18(26)15-28/h3-4,6,8,12-14,18H,2,5,7,9-11,15,26H2,1H3/t18-/m1/s1. The predicted octanol–water partition coefficient (Wildman–Crippen LogP) is 3.63. The van der Waals surface area contributed by atoms with Gasteiger partial charge in [0.2, 0.25) is 0 Å². The molecule has 0 spiro atoms. The van der Waals surface area contributed by atoms with Gasteiger partial charge in [0.25, 0.3) is 5.91 Å². The predicted molar refractivity (Wildman–Crippen MR) is 125 cm³/mol. The van der Waals surface area contributed by atoms with E-state index >= 15 is 0 Å². The highest BCUT2D eigenvalue weighted by atomic mass is 16.5. The Balaban J connectivity index is 1.50. The van der Waals surface area contributed by atoms with Gasteiger partial charge in [0, 0.05) is 42.1 Å². The van der Waals surface area contributed by atoms with E-state index in [1.807, 2.05) is 17.0 Å². The number of piperidine rings is 1. The molecular weight excluding hydrogens is 402 g/mol. The average Bonchev–Trinajstić information content (AvgIpc) is 3.37. The molecule has 2 aromatic carbocycles. The second kappa shape index (κ2) is 7.38. The van der Waals surface area contributed by atoms with Crippen LogP contribution in [0.2, 0.25) is 0 Å². The number of imidazole rings is 1. The van der Waals surface area contributed by atoms with Crippen LogP contribution < -0.4 is 10.5 Å². The molecular formula is C25H27N5O2. The average molecular weight is 430 g/mol. The van der Waals surface area contributed by atoms with E-state index in [4.69, 9.17) is 15.5 Å². The maximum absolute atomic E-state index is 13.2. The van der Waals surface area contributed by atoms with Gasteiger partial charge in [0.05, 0.1) is 17.8 Å². The van der Waals surface area contributed by atoms with Crippen molar-refractivity contribution in [3.63, 3.8) is 0 Å². The fraction of sp³-hybridized carbons (Fsp3) is 0.360. The van der Waals surface area contributed by atoms with E-state index in [2.05, 4.69) is 46.4 Å². The number of carbonyl (C=O) groups excluding carboxylic acids is 1. The maximum Gasteiger partial charge on any atom is 0.254 e. The van der Waals surface area contributed by atoms with Crippen LogP contribution in [0.5, 0.6) is 5.75 Å². The van der Waals surface area contributed by atoms with E-state index in [9.17, 15) is 4.79 Å². The highest BCUT2D eigenvalue weighted by Crippen LogP contribution is 2.37. The normalized spacial score (nSPS) is 18.3. The highest BCUT2D eigenvalue weighted by molar-refractivity contribution is 6.00. The van der Waals surface area contributed by atoms with Crippen LogP contribution in [0.25, 0.3) is 33.5 Å². The zero-order chi connectivity index (χ0) is 21.8. The van der Waals surface area contributed by atoms with Gasteiger partial charge in [-0.05, 0) is 44.0 Å². The Morgan fingerprint density at radius 3 is 2.94 bits per heavy atom. The van der Waals surface area contributed by atoms with E-state index in [0.717, 1.165) is 60.8 Å². The van der Waals surface area contributed by atoms with Crippen molar-refractivity contribution >= 4 is 27.8 Å². The molecule has 6 rings (SSSR count). The fourth-order valence-corrected chi connectivity index (χ4v) is 5.24. The van der Waals surface area contributed by atoms with E-state index in [1.54, 1.807) is 0 Å². The lowest BCUT2D eigenvalue weighted by Gasteiger charge is -2.31. The summed E-state index contributed by atoms with van der Waals surface area (Å²) < 4.78 is 10.5. The molecule has 1 saturated heterocycles. The van der Waals surface area contributed by atoms with Crippen LogP contribution in [0.3, 0.4) is 0 Å². The molecule has 0 unspecified atom stereocenters. The van der Waals surface area contributed by atoms with Gasteiger partial charge >= 0.3 is 0 Å². The molecule has 0 aliphatic carbocycles. The summed E-state index contributed by atoms with van der Waals surface area (Å²) >= 11 is 0. The summed E-state index contributed by atoms with van der Waals surface area (Å²) in [6, 6.07) is 14.5. The Bertz CT molecular complexity index is 1350. The molecule has 2 aliphatic heterocycles. The summed E-state index contributed by atoms with van der Waals surface area (Å²) in [6.07, 6.45) is 1.91. The van der Waals surface area contributed by atoms with Crippen molar-refractivity contribution in [1.29, 1.82) is 0 Å². The van der Waals surface area contributed by atoms with Gasteiger partial charge in [0.15, 0.2) is 5.82 Å². The molecule has 2 N–H and O–H groups in total. The summed E-state index contributed by atoms with van der Waals surface area (Å²) in [6.45, 7) is 5.65. The summed E-state index contributed by atoms with van der Waals surface area (Å²) in [4.78, 5) is 20.1. The number of carbonyl (C=O) groups is 1. The third kappa shape index (κ3) is 2.92. The van der Waals surface area contributed by atoms with Crippen molar-refractivity contribution in [2.45, 2.75) is 38.9 Å². The van der Waals surface area contributed by atoms with Crippen molar-refractivity contribution in [1.82, 2.24) is 19.0 Å². The molecule has 164 valence electrons. The van der Waals surface area contributed by atoms with Crippen LogP contribution in [-0.4, -0.2) is 50.7 Å². The number of ether oxygens (including phenoxy) is 1. The third-order valence-corrected chi connectivity index (χ3v) is 6.73. The minimum absolute atomic E-state index is 0.00578. The van der Waals surface area contributed by atoms with Crippen molar-refractivity contribution in [3.8, 4) is 17.3 Å². The van der Waals surface area contributed by atoms with Gasteiger partial charge in [-0.15, -0.1) is 0 Å². The molecule has 1 amide bonds. The monoisotopic (exact) mass is 429 g/mol. The van der Waals surface area contributed by atoms with Crippen LogP contribution in [-0.2, 0) is 13.1 Å². The summed E-state index contributed by atoms with van der Waals surface area (Å²) in [5.41, 5.74) is 10.8. The van der Waals surface area contributed by atoms with Crippen LogP contribution in [0.1, 0.15) is 30.1 Å². The molecule has 0 bridgehead atoms. The Morgan fingerprint density at radius 2 is 2.09 bits per heavy atom. The maximum atomic E-state index is 13.2. The lowest BCUT2D eigenvalue weighted by Crippen LogP contribution is -2.45. The van der Waals surface area contributed by atoms with E-state index < -0.39 is 0 Å². The number of benzene rings is 2. The van der Waals surface area contributed by atoms with Gasteiger partial charge in [-0.25, -0.2) is 4.98 Å². The first kappa shape index (κ1) is 19.4. The Kier molecular flexibility index (Phi) is 4.47. The third-order valence-electron chi connectivity index (χ3n) is 6.73. The van der Waals surface area contributed by atoms with E-state index in [-0.39, 0.29) is 11.9 Å². The number of nitrogens with zero attached hydrogens (tertiary/aromatic N) is 4. The Morgan fingerprint density at radius 1 is 1.22 bits per heavy atom. The van der Waals surface area contributed by atoms with Gasteiger partial charge in [-0.3, -0.25) is 4.79 Å². The number of hydrogen-bond acceptors (Lipinski definition) is 4. The van der Waals surface area contributed by atoms with Crippen molar-refractivity contribution < 1.29 is 9.53 Å². The molecule has 1 fully saturated rings. The number of likely N-dealkylation sites (tertiary alicyclic amines) is 1. The summed E-state index contributed by atoms with van der Waals surface area (Å²) in [7, 11) is 0. The molecule has 32 heavy (non-hydrogen) atoms. The number of rotatable bonds is 3. The quantitative estimate of drug-likeness (QED) is 0.539. The van der Waals surface area contributed by atoms with Crippen molar-refractivity contribution in [3.05, 3.63) is 48.0 Å². The first-order valence-corrected chi connectivity index (χ1v) is 11.4. The van der Waals surface area contributed by atoms with Crippen LogP contribution in [0.15, 0.2) is 42.5 Å². The zero-order valence-corrected chi connectivity index (χ0v) is 18.3. The van der Waals surface area contributed by atoms with Crippen molar-refractivity contribution in [2.75, 3.05) is 19.7 Å². The minimum Gasteiger partial charge on any atom is -0.489 e. The molecule has 4 heterocycles. The second-order valence-electron chi connectivity index (χ2n) is 8.76.